The molecule has 148 valence electrons. The summed E-state index contributed by atoms with van der Waals surface area (Å²) in [5.41, 5.74) is 6.59. The van der Waals surface area contributed by atoms with Gasteiger partial charge in [-0.05, 0) is 35.9 Å². The highest BCUT2D eigenvalue weighted by molar-refractivity contribution is 6.30. The lowest BCUT2D eigenvalue weighted by Gasteiger charge is -2.33. The minimum absolute atomic E-state index is 0.200. The van der Waals surface area contributed by atoms with Crippen molar-refractivity contribution in [3.63, 3.8) is 0 Å². The fraction of sp³-hybridized carbons (Fsp3) is 0.0870. The Morgan fingerprint density at radius 3 is 2.43 bits per heavy atom. The third-order valence-corrected chi connectivity index (χ3v) is 5.40. The molecule has 0 bridgehead atoms. The summed E-state index contributed by atoms with van der Waals surface area (Å²) in [6, 6.07) is 24.5. The second-order valence-corrected chi connectivity index (χ2v) is 7.40. The molecule has 30 heavy (non-hydrogen) atoms. The van der Waals surface area contributed by atoms with Gasteiger partial charge in [-0.2, -0.15) is 0 Å². The molecule has 1 unspecified atom stereocenters. The number of guanidine groups is 2. The van der Waals surface area contributed by atoms with Gasteiger partial charge in [0.2, 0.25) is 11.9 Å². The number of hydrogen-bond acceptors (Lipinski definition) is 4. The fourth-order valence-corrected chi connectivity index (χ4v) is 3.98. The van der Waals surface area contributed by atoms with E-state index in [1.165, 1.54) is 4.90 Å². The standard InChI is InChI=1S/C23H18ClN5O/c1-25-22-27-29-20(15-8-4-2-5-9-15)18-14-17(24)12-13-19(18)26-23(29)28(22)21(30)16-10-6-3-7-11-16/h2-14,20H,1H3,(H,25,27). The summed E-state index contributed by atoms with van der Waals surface area (Å²) in [6.45, 7) is 0. The van der Waals surface area contributed by atoms with E-state index in [0.717, 1.165) is 16.8 Å². The molecular formula is C23H18ClN5O. The molecule has 7 heteroatoms. The molecule has 1 saturated heterocycles. The summed E-state index contributed by atoms with van der Waals surface area (Å²) in [5, 5.41) is 2.51. The van der Waals surface area contributed by atoms with E-state index in [1.807, 2.05) is 71.7 Å². The van der Waals surface area contributed by atoms with Gasteiger partial charge < -0.3 is 0 Å². The van der Waals surface area contributed by atoms with Crippen LogP contribution < -0.4 is 5.43 Å². The molecule has 0 aromatic heterocycles. The zero-order valence-corrected chi connectivity index (χ0v) is 16.9. The number of hydrogen-bond donors (Lipinski definition) is 1. The van der Waals surface area contributed by atoms with Crippen molar-refractivity contribution in [2.45, 2.75) is 6.04 Å². The molecule has 2 heterocycles. The smallest absolute Gasteiger partial charge is 0.267 e. The van der Waals surface area contributed by atoms with E-state index in [2.05, 4.69) is 10.4 Å². The Morgan fingerprint density at radius 1 is 1.03 bits per heavy atom. The Bertz CT molecular complexity index is 1180. The molecule has 3 aromatic rings. The molecule has 1 N–H and O–H groups in total. The van der Waals surface area contributed by atoms with Gasteiger partial charge in [-0.3, -0.25) is 15.2 Å². The predicted octanol–water partition coefficient (Wildman–Crippen LogP) is 4.38. The zero-order chi connectivity index (χ0) is 20.7. The minimum atomic E-state index is -0.224. The van der Waals surface area contributed by atoms with Crippen LogP contribution in [0.15, 0.2) is 88.8 Å². The zero-order valence-electron chi connectivity index (χ0n) is 16.2. The van der Waals surface area contributed by atoms with Crippen molar-refractivity contribution in [1.29, 1.82) is 0 Å². The molecule has 6 nitrogen and oxygen atoms in total. The monoisotopic (exact) mass is 415 g/mol. The van der Waals surface area contributed by atoms with E-state index >= 15 is 0 Å². The second kappa shape index (κ2) is 7.31. The number of aliphatic imine (C=N–C) groups is 2. The molecule has 2 aliphatic heterocycles. The molecular weight excluding hydrogens is 398 g/mol. The molecule has 1 atom stereocenters. The largest absolute Gasteiger partial charge is 0.268 e. The molecule has 3 aromatic carbocycles. The molecule has 0 spiro atoms. The van der Waals surface area contributed by atoms with Crippen LogP contribution >= 0.6 is 11.6 Å². The van der Waals surface area contributed by atoms with E-state index in [9.17, 15) is 4.79 Å². The van der Waals surface area contributed by atoms with Gasteiger partial charge in [0.15, 0.2) is 0 Å². The summed E-state index contributed by atoms with van der Waals surface area (Å²) >= 11 is 6.31. The van der Waals surface area contributed by atoms with Gasteiger partial charge in [-0.25, -0.2) is 14.9 Å². The third kappa shape index (κ3) is 2.93. The Morgan fingerprint density at radius 2 is 1.73 bits per heavy atom. The Labute approximate surface area is 179 Å². The number of fused-ring (bicyclic) bond motifs is 2. The molecule has 2 aliphatic rings. The first-order chi connectivity index (χ1) is 14.7. The summed E-state index contributed by atoms with van der Waals surface area (Å²) in [6.07, 6.45) is 0. The van der Waals surface area contributed by atoms with Crippen molar-refractivity contribution in [1.82, 2.24) is 15.3 Å². The van der Waals surface area contributed by atoms with Crippen LogP contribution in [0.2, 0.25) is 5.02 Å². The number of benzene rings is 3. The average Bonchev–Trinajstić information content (AvgIpc) is 3.16. The topological polar surface area (TPSA) is 60.3 Å². The number of nitrogens with one attached hydrogen (secondary N) is 1. The van der Waals surface area contributed by atoms with Crippen LogP contribution in [-0.2, 0) is 0 Å². The highest BCUT2D eigenvalue weighted by atomic mass is 35.5. The fourth-order valence-electron chi connectivity index (χ4n) is 3.80. The highest BCUT2D eigenvalue weighted by Crippen LogP contribution is 2.41. The molecule has 1 amide bonds. The first-order valence-electron chi connectivity index (χ1n) is 9.52. The van der Waals surface area contributed by atoms with Gasteiger partial charge in [-0.1, -0.05) is 60.1 Å². The quantitative estimate of drug-likeness (QED) is 0.675. The lowest BCUT2D eigenvalue weighted by molar-refractivity contribution is 0.0901. The van der Waals surface area contributed by atoms with E-state index in [0.29, 0.717) is 22.5 Å². The first kappa shape index (κ1) is 18.4. The van der Waals surface area contributed by atoms with Crippen molar-refractivity contribution in [3.8, 4) is 0 Å². The van der Waals surface area contributed by atoms with Crippen LogP contribution in [0.3, 0.4) is 0 Å². The van der Waals surface area contributed by atoms with E-state index in [1.54, 1.807) is 19.2 Å². The number of nitrogens with zero attached hydrogens (tertiary/aromatic N) is 4. The number of carbonyl (C=O) groups excluding carboxylic acids is 1. The number of amides is 1. The van der Waals surface area contributed by atoms with Gasteiger partial charge in [-0.15, -0.1) is 0 Å². The SMILES string of the molecule is CN=C1NN2C(=Nc3ccc(Cl)cc3C2c2ccccc2)N1C(=O)c1ccccc1. The van der Waals surface area contributed by atoms with Crippen molar-refractivity contribution in [2.24, 2.45) is 9.98 Å². The molecule has 5 rings (SSSR count). The first-order valence-corrected chi connectivity index (χ1v) is 9.90. The van der Waals surface area contributed by atoms with Crippen LogP contribution in [0.1, 0.15) is 27.5 Å². The summed E-state index contributed by atoms with van der Waals surface area (Å²) in [5.74, 6) is 0.699. The molecule has 0 saturated carbocycles. The van der Waals surface area contributed by atoms with E-state index < -0.39 is 0 Å². The second-order valence-electron chi connectivity index (χ2n) is 6.96. The Balaban J connectivity index is 1.68. The normalized spacial score (nSPS) is 18.5. The summed E-state index contributed by atoms with van der Waals surface area (Å²) in [7, 11) is 1.65. The third-order valence-electron chi connectivity index (χ3n) is 5.16. The highest BCUT2D eigenvalue weighted by Gasteiger charge is 2.44. The van der Waals surface area contributed by atoms with Crippen LogP contribution in [0, 0.1) is 0 Å². The van der Waals surface area contributed by atoms with Gasteiger partial charge in [0.05, 0.1) is 5.69 Å². The minimum Gasteiger partial charge on any atom is -0.268 e. The van der Waals surface area contributed by atoms with Gasteiger partial charge in [0, 0.05) is 23.2 Å². The lowest BCUT2D eigenvalue weighted by atomic mass is 9.95. The van der Waals surface area contributed by atoms with Crippen molar-refractivity contribution < 1.29 is 4.79 Å². The van der Waals surface area contributed by atoms with Crippen LogP contribution in [0.25, 0.3) is 0 Å². The number of rotatable bonds is 2. The van der Waals surface area contributed by atoms with Crippen LogP contribution in [-0.4, -0.2) is 34.8 Å². The maximum Gasteiger partial charge on any atom is 0.267 e. The van der Waals surface area contributed by atoms with Crippen molar-refractivity contribution in [2.75, 3.05) is 7.05 Å². The Hall–Kier alpha value is -3.64. The summed E-state index contributed by atoms with van der Waals surface area (Å²) in [4.78, 5) is 24.0. The number of halogens is 1. The van der Waals surface area contributed by atoms with E-state index in [4.69, 9.17) is 16.6 Å². The average molecular weight is 416 g/mol. The van der Waals surface area contributed by atoms with Crippen LogP contribution in [0.4, 0.5) is 5.69 Å². The maximum absolute atomic E-state index is 13.4. The summed E-state index contributed by atoms with van der Waals surface area (Å²) < 4.78 is 0. The van der Waals surface area contributed by atoms with Crippen molar-refractivity contribution in [3.05, 3.63) is 101 Å². The van der Waals surface area contributed by atoms with Crippen molar-refractivity contribution >= 4 is 35.1 Å². The molecule has 1 fully saturated rings. The molecule has 0 radical (unpaired) electrons. The van der Waals surface area contributed by atoms with E-state index in [-0.39, 0.29) is 11.9 Å². The molecule has 0 aliphatic carbocycles. The van der Waals surface area contributed by atoms with Gasteiger partial charge in [0.1, 0.15) is 6.04 Å². The maximum atomic E-state index is 13.4. The van der Waals surface area contributed by atoms with Crippen LogP contribution in [0.5, 0.6) is 0 Å². The van der Waals surface area contributed by atoms with Gasteiger partial charge >= 0.3 is 0 Å². The predicted molar refractivity (Wildman–Crippen MR) is 118 cm³/mol. The lowest BCUT2D eigenvalue weighted by Crippen LogP contribution is -2.43. The van der Waals surface area contributed by atoms with Gasteiger partial charge in [0.25, 0.3) is 5.91 Å². The number of hydrazine groups is 1. The Kier molecular flexibility index (Phi) is 4.48. The number of carbonyl (C=O) groups is 1.